The van der Waals surface area contributed by atoms with E-state index in [1.807, 2.05) is 54.6 Å². The van der Waals surface area contributed by atoms with Crippen molar-refractivity contribution in [1.29, 1.82) is 0 Å². The zero-order valence-electron chi connectivity index (χ0n) is 14.3. The van der Waals surface area contributed by atoms with E-state index in [-0.39, 0.29) is 0 Å². The van der Waals surface area contributed by atoms with E-state index in [1.165, 1.54) is 0 Å². The zero-order valence-corrected chi connectivity index (χ0v) is 14.3. The second kappa shape index (κ2) is 7.58. The van der Waals surface area contributed by atoms with E-state index in [0.29, 0.717) is 0 Å². The van der Waals surface area contributed by atoms with Gasteiger partial charge in [-0.25, -0.2) is 0 Å². The molecule has 0 atom stereocenters. The van der Waals surface area contributed by atoms with Crippen molar-refractivity contribution in [3.63, 3.8) is 0 Å². The van der Waals surface area contributed by atoms with E-state index >= 15 is 0 Å². The van der Waals surface area contributed by atoms with Crippen LogP contribution in [0.25, 0.3) is 0 Å². The highest BCUT2D eigenvalue weighted by atomic mass is 16.5. The summed E-state index contributed by atoms with van der Waals surface area (Å²) in [5, 5.41) is 0. The van der Waals surface area contributed by atoms with Crippen LogP contribution in [0.2, 0.25) is 0 Å². The first-order chi connectivity index (χ1) is 12.9. The number of anilines is 3. The predicted octanol–water partition coefficient (Wildman–Crippen LogP) is 6.95. The van der Waals surface area contributed by atoms with Gasteiger partial charge in [0, 0.05) is 23.1 Å². The molecule has 0 radical (unpaired) electrons. The third-order valence-corrected chi connectivity index (χ3v) is 4.08. The van der Waals surface area contributed by atoms with Gasteiger partial charge >= 0.3 is 0 Å². The molecule has 0 bridgehead atoms. The van der Waals surface area contributed by atoms with Crippen LogP contribution in [0.5, 0.6) is 11.5 Å². The fraction of sp³-hybridized carbons (Fsp3) is 0. The maximum Gasteiger partial charge on any atom is 0.129 e. The lowest BCUT2D eigenvalue weighted by atomic mass is 10.2. The summed E-state index contributed by atoms with van der Waals surface area (Å²) in [6.45, 7) is 0. The zero-order chi connectivity index (χ0) is 17.6. The summed E-state index contributed by atoms with van der Waals surface area (Å²) < 4.78 is 6.01. The van der Waals surface area contributed by atoms with Crippen molar-refractivity contribution in [1.82, 2.24) is 0 Å². The number of benzene rings is 4. The smallest absolute Gasteiger partial charge is 0.129 e. The molecule has 2 heteroatoms. The van der Waals surface area contributed by atoms with Crippen LogP contribution < -0.4 is 9.64 Å². The highest BCUT2D eigenvalue weighted by Crippen LogP contribution is 2.36. The minimum Gasteiger partial charge on any atom is -0.457 e. The minimum atomic E-state index is 0.811. The predicted molar refractivity (Wildman–Crippen MR) is 108 cm³/mol. The van der Waals surface area contributed by atoms with Crippen LogP contribution in [-0.2, 0) is 0 Å². The third kappa shape index (κ3) is 3.60. The third-order valence-electron chi connectivity index (χ3n) is 4.08. The molecule has 2 nitrogen and oxygen atoms in total. The molecule has 4 aromatic rings. The Morgan fingerprint density at radius 2 is 0.885 bits per heavy atom. The maximum absolute atomic E-state index is 6.01. The molecule has 0 spiro atoms. The van der Waals surface area contributed by atoms with E-state index in [4.69, 9.17) is 4.74 Å². The maximum atomic E-state index is 6.01. The molecule has 0 heterocycles. The molecule has 0 aliphatic heterocycles. The number of ether oxygens (including phenoxy) is 1. The van der Waals surface area contributed by atoms with Crippen molar-refractivity contribution < 1.29 is 4.74 Å². The van der Waals surface area contributed by atoms with Crippen molar-refractivity contribution in [3.8, 4) is 11.5 Å². The highest BCUT2D eigenvalue weighted by molar-refractivity contribution is 5.76. The molecule has 0 amide bonds. The number of para-hydroxylation sites is 3. The Balaban J connectivity index is 1.73. The van der Waals surface area contributed by atoms with Gasteiger partial charge in [0.05, 0.1) is 0 Å². The van der Waals surface area contributed by atoms with Crippen LogP contribution in [-0.4, -0.2) is 0 Å². The van der Waals surface area contributed by atoms with Gasteiger partial charge in [-0.05, 0) is 48.5 Å². The molecule has 0 aliphatic rings. The average molecular weight is 337 g/mol. The Morgan fingerprint density at radius 1 is 0.423 bits per heavy atom. The summed E-state index contributed by atoms with van der Waals surface area (Å²) in [6.07, 6.45) is 0. The van der Waals surface area contributed by atoms with Gasteiger partial charge < -0.3 is 9.64 Å². The molecule has 0 saturated heterocycles. The van der Waals surface area contributed by atoms with Gasteiger partial charge in [-0.1, -0.05) is 60.7 Å². The van der Waals surface area contributed by atoms with Crippen molar-refractivity contribution in [2.45, 2.75) is 0 Å². The first-order valence-electron chi connectivity index (χ1n) is 8.63. The second-order valence-electron chi connectivity index (χ2n) is 5.92. The van der Waals surface area contributed by atoms with E-state index in [0.717, 1.165) is 28.6 Å². The summed E-state index contributed by atoms with van der Waals surface area (Å²) in [4.78, 5) is 2.22. The Bertz CT molecular complexity index is 913. The first kappa shape index (κ1) is 16.0. The van der Waals surface area contributed by atoms with Crippen LogP contribution in [0.15, 0.2) is 115 Å². The topological polar surface area (TPSA) is 12.5 Å². The molecule has 0 unspecified atom stereocenters. The summed E-state index contributed by atoms with van der Waals surface area (Å²) in [6, 6.07) is 38.7. The van der Waals surface area contributed by atoms with Gasteiger partial charge in [0.15, 0.2) is 0 Å². The number of rotatable bonds is 5. The fourth-order valence-electron chi connectivity index (χ4n) is 2.91. The van der Waals surface area contributed by atoms with Gasteiger partial charge in [-0.15, -0.1) is 0 Å². The summed E-state index contributed by atoms with van der Waals surface area (Å²) in [7, 11) is 0. The lowest BCUT2D eigenvalue weighted by Gasteiger charge is -2.25. The summed E-state index contributed by atoms with van der Waals surface area (Å²) in [5.74, 6) is 1.64. The van der Waals surface area contributed by atoms with Crippen molar-refractivity contribution in [2.24, 2.45) is 0 Å². The number of nitrogens with zero attached hydrogens (tertiary/aromatic N) is 1. The Hall–Kier alpha value is -3.52. The Labute approximate surface area is 153 Å². The molecule has 26 heavy (non-hydrogen) atoms. The molecule has 0 saturated carbocycles. The lowest BCUT2D eigenvalue weighted by molar-refractivity contribution is 0.483. The average Bonchev–Trinajstić information content (AvgIpc) is 2.71. The molecule has 0 aromatic heterocycles. The molecule has 4 aromatic carbocycles. The van der Waals surface area contributed by atoms with Crippen LogP contribution in [0.1, 0.15) is 0 Å². The van der Waals surface area contributed by atoms with Gasteiger partial charge in [-0.3, -0.25) is 0 Å². The molecule has 0 aliphatic carbocycles. The number of hydrogen-bond donors (Lipinski definition) is 0. The minimum absolute atomic E-state index is 0.811. The Morgan fingerprint density at radius 3 is 1.46 bits per heavy atom. The largest absolute Gasteiger partial charge is 0.457 e. The molecule has 0 N–H and O–H groups in total. The SMILES string of the molecule is c1ccc(Oc2cccc(N(c3ccccc3)c3ccccc3)c2)cc1. The molecule has 126 valence electrons. The van der Waals surface area contributed by atoms with E-state index in [2.05, 4.69) is 65.6 Å². The monoisotopic (exact) mass is 337 g/mol. The quantitative estimate of drug-likeness (QED) is 0.391. The second-order valence-corrected chi connectivity index (χ2v) is 5.92. The summed E-state index contributed by atoms with van der Waals surface area (Å²) in [5.41, 5.74) is 3.27. The number of hydrogen-bond acceptors (Lipinski definition) is 2. The fourth-order valence-corrected chi connectivity index (χ4v) is 2.91. The normalized spacial score (nSPS) is 10.3. The van der Waals surface area contributed by atoms with E-state index < -0.39 is 0 Å². The molecular formula is C24H19NO. The van der Waals surface area contributed by atoms with Crippen LogP contribution in [0, 0.1) is 0 Å². The Kier molecular flexibility index (Phi) is 4.66. The van der Waals surface area contributed by atoms with Gasteiger partial charge in [-0.2, -0.15) is 0 Å². The molecular weight excluding hydrogens is 318 g/mol. The van der Waals surface area contributed by atoms with Crippen LogP contribution >= 0.6 is 0 Å². The first-order valence-corrected chi connectivity index (χ1v) is 8.63. The van der Waals surface area contributed by atoms with Crippen molar-refractivity contribution in [3.05, 3.63) is 115 Å². The van der Waals surface area contributed by atoms with Crippen LogP contribution in [0.4, 0.5) is 17.1 Å². The van der Waals surface area contributed by atoms with E-state index in [1.54, 1.807) is 0 Å². The molecule has 4 rings (SSSR count). The van der Waals surface area contributed by atoms with Crippen molar-refractivity contribution >= 4 is 17.1 Å². The van der Waals surface area contributed by atoms with Gasteiger partial charge in [0.1, 0.15) is 11.5 Å². The molecule has 0 fully saturated rings. The summed E-state index contributed by atoms with van der Waals surface area (Å²) >= 11 is 0. The standard InChI is InChI=1S/C24H19NO/c1-4-11-20(12-5-1)25(21-13-6-2-7-14-21)22-15-10-18-24(19-22)26-23-16-8-3-9-17-23/h1-19H. The van der Waals surface area contributed by atoms with Crippen molar-refractivity contribution in [2.75, 3.05) is 4.90 Å². The van der Waals surface area contributed by atoms with Gasteiger partial charge in [0.25, 0.3) is 0 Å². The van der Waals surface area contributed by atoms with Gasteiger partial charge in [0.2, 0.25) is 0 Å². The highest BCUT2D eigenvalue weighted by Gasteiger charge is 2.12. The van der Waals surface area contributed by atoms with E-state index in [9.17, 15) is 0 Å². The lowest BCUT2D eigenvalue weighted by Crippen LogP contribution is -2.09. The van der Waals surface area contributed by atoms with Crippen LogP contribution in [0.3, 0.4) is 0 Å².